The van der Waals surface area contributed by atoms with Crippen LogP contribution >= 0.6 is 11.8 Å². The van der Waals surface area contributed by atoms with Crippen LogP contribution in [0.3, 0.4) is 0 Å². The Bertz CT molecular complexity index is 488. The highest BCUT2D eigenvalue weighted by molar-refractivity contribution is 7.99. The van der Waals surface area contributed by atoms with E-state index in [0.717, 1.165) is 27.0 Å². The van der Waals surface area contributed by atoms with Gasteiger partial charge < -0.3 is 5.73 Å². The predicted molar refractivity (Wildman–Crippen MR) is 70.0 cm³/mol. The molecule has 3 nitrogen and oxygen atoms in total. The van der Waals surface area contributed by atoms with Crippen LogP contribution in [-0.2, 0) is 6.54 Å². The van der Waals surface area contributed by atoms with Gasteiger partial charge in [0.25, 0.3) is 0 Å². The van der Waals surface area contributed by atoms with Gasteiger partial charge in [0.05, 0.1) is 0 Å². The summed E-state index contributed by atoms with van der Waals surface area (Å²) in [4.78, 5) is 9.93. The Kier molecular flexibility index (Phi) is 3.76. The molecule has 17 heavy (non-hydrogen) atoms. The Hall–Kier alpha value is -1.39. The first-order valence-electron chi connectivity index (χ1n) is 5.46. The van der Waals surface area contributed by atoms with Crippen molar-refractivity contribution >= 4 is 11.8 Å². The SMILES string of the molecule is Cc1cc(C)nc(Sc2ccc(CN)cc2)n1. The Morgan fingerprint density at radius 3 is 2.18 bits per heavy atom. The van der Waals surface area contributed by atoms with E-state index in [4.69, 9.17) is 5.73 Å². The average Bonchev–Trinajstić information content (AvgIpc) is 2.28. The van der Waals surface area contributed by atoms with Gasteiger partial charge in [-0.15, -0.1) is 0 Å². The molecule has 0 saturated heterocycles. The molecule has 0 radical (unpaired) electrons. The van der Waals surface area contributed by atoms with Crippen LogP contribution in [0.25, 0.3) is 0 Å². The summed E-state index contributed by atoms with van der Waals surface area (Å²) in [5, 5.41) is 0.794. The third kappa shape index (κ3) is 3.28. The van der Waals surface area contributed by atoms with Gasteiger partial charge in [0.15, 0.2) is 5.16 Å². The van der Waals surface area contributed by atoms with E-state index in [1.54, 1.807) is 11.8 Å². The van der Waals surface area contributed by atoms with E-state index in [1.165, 1.54) is 0 Å². The van der Waals surface area contributed by atoms with Crippen LogP contribution in [0, 0.1) is 13.8 Å². The standard InChI is InChI=1S/C13H15N3S/c1-9-7-10(2)16-13(15-9)17-12-5-3-11(8-14)4-6-12/h3-7H,8,14H2,1-2H3. The summed E-state index contributed by atoms with van der Waals surface area (Å²) in [6, 6.07) is 10.1. The molecular weight excluding hydrogens is 230 g/mol. The van der Waals surface area contributed by atoms with Crippen molar-refractivity contribution in [1.82, 2.24) is 9.97 Å². The Morgan fingerprint density at radius 2 is 1.65 bits per heavy atom. The second-order valence-electron chi connectivity index (χ2n) is 3.88. The largest absolute Gasteiger partial charge is 0.326 e. The molecule has 1 heterocycles. The van der Waals surface area contributed by atoms with E-state index in [0.29, 0.717) is 6.54 Å². The van der Waals surface area contributed by atoms with E-state index < -0.39 is 0 Å². The maximum absolute atomic E-state index is 5.56. The summed E-state index contributed by atoms with van der Waals surface area (Å²) >= 11 is 1.57. The number of rotatable bonds is 3. The van der Waals surface area contributed by atoms with Crippen molar-refractivity contribution in [2.75, 3.05) is 0 Å². The van der Waals surface area contributed by atoms with Gasteiger partial charge >= 0.3 is 0 Å². The van der Waals surface area contributed by atoms with Crippen LogP contribution in [0.4, 0.5) is 0 Å². The van der Waals surface area contributed by atoms with Crippen molar-refractivity contribution in [3.63, 3.8) is 0 Å². The quantitative estimate of drug-likeness (QED) is 0.845. The highest BCUT2D eigenvalue weighted by Gasteiger charge is 2.02. The molecule has 2 N–H and O–H groups in total. The van der Waals surface area contributed by atoms with E-state index in [2.05, 4.69) is 9.97 Å². The molecule has 0 aliphatic carbocycles. The molecule has 2 rings (SSSR count). The number of benzene rings is 1. The minimum absolute atomic E-state index is 0.574. The fraction of sp³-hybridized carbons (Fsp3) is 0.231. The maximum atomic E-state index is 5.56. The minimum Gasteiger partial charge on any atom is -0.326 e. The number of hydrogen-bond donors (Lipinski definition) is 1. The van der Waals surface area contributed by atoms with Crippen molar-refractivity contribution in [2.45, 2.75) is 30.4 Å². The van der Waals surface area contributed by atoms with E-state index in [9.17, 15) is 0 Å². The molecule has 0 fully saturated rings. The van der Waals surface area contributed by atoms with Gasteiger partial charge in [0, 0.05) is 22.8 Å². The van der Waals surface area contributed by atoms with E-state index >= 15 is 0 Å². The zero-order valence-electron chi connectivity index (χ0n) is 9.97. The number of hydrogen-bond acceptors (Lipinski definition) is 4. The second-order valence-corrected chi connectivity index (χ2v) is 4.92. The van der Waals surface area contributed by atoms with Crippen LogP contribution in [0.15, 0.2) is 40.4 Å². The summed E-state index contributed by atoms with van der Waals surface area (Å²) in [5.41, 5.74) is 8.69. The normalized spacial score (nSPS) is 10.5. The van der Waals surface area contributed by atoms with Gasteiger partial charge in [-0.1, -0.05) is 12.1 Å². The monoisotopic (exact) mass is 245 g/mol. The number of nitrogens with zero attached hydrogens (tertiary/aromatic N) is 2. The van der Waals surface area contributed by atoms with Crippen molar-refractivity contribution in [3.05, 3.63) is 47.3 Å². The lowest BCUT2D eigenvalue weighted by atomic mass is 10.2. The van der Waals surface area contributed by atoms with Gasteiger partial charge in [-0.05, 0) is 49.4 Å². The van der Waals surface area contributed by atoms with Crippen LogP contribution in [0.5, 0.6) is 0 Å². The first kappa shape index (κ1) is 12.1. The zero-order valence-corrected chi connectivity index (χ0v) is 10.8. The minimum atomic E-state index is 0.574. The molecule has 0 saturated carbocycles. The fourth-order valence-electron chi connectivity index (χ4n) is 1.54. The molecule has 0 amide bonds. The van der Waals surface area contributed by atoms with Crippen LogP contribution in [-0.4, -0.2) is 9.97 Å². The molecule has 0 unspecified atom stereocenters. The van der Waals surface area contributed by atoms with Gasteiger partial charge in [0.2, 0.25) is 0 Å². The number of aryl methyl sites for hydroxylation is 2. The van der Waals surface area contributed by atoms with E-state index in [-0.39, 0.29) is 0 Å². The highest BCUT2D eigenvalue weighted by Crippen LogP contribution is 2.25. The highest BCUT2D eigenvalue weighted by atomic mass is 32.2. The van der Waals surface area contributed by atoms with Crippen molar-refractivity contribution in [3.8, 4) is 0 Å². The van der Waals surface area contributed by atoms with Crippen LogP contribution in [0.2, 0.25) is 0 Å². The lowest BCUT2D eigenvalue weighted by Crippen LogP contribution is -1.95. The van der Waals surface area contributed by atoms with Gasteiger partial charge in [0.1, 0.15) is 0 Å². The van der Waals surface area contributed by atoms with Crippen LogP contribution < -0.4 is 5.73 Å². The Morgan fingerprint density at radius 1 is 1.06 bits per heavy atom. The molecule has 0 spiro atoms. The molecule has 0 atom stereocenters. The summed E-state index contributed by atoms with van der Waals surface area (Å²) < 4.78 is 0. The Balaban J connectivity index is 2.19. The molecular formula is C13H15N3S. The first-order chi connectivity index (χ1) is 8.17. The molecule has 0 bridgehead atoms. The lowest BCUT2D eigenvalue weighted by molar-refractivity contribution is 0.902. The molecule has 1 aromatic heterocycles. The molecule has 4 heteroatoms. The predicted octanol–water partition coefficient (Wildman–Crippen LogP) is 2.70. The third-order valence-electron chi connectivity index (χ3n) is 2.33. The van der Waals surface area contributed by atoms with Crippen molar-refractivity contribution in [2.24, 2.45) is 5.73 Å². The molecule has 0 aliphatic rings. The van der Waals surface area contributed by atoms with E-state index in [1.807, 2.05) is 44.2 Å². The lowest BCUT2D eigenvalue weighted by Gasteiger charge is -2.03. The molecule has 88 valence electrons. The molecule has 1 aromatic carbocycles. The topological polar surface area (TPSA) is 51.8 Å². The first-order valence-corrected chi connectivity index (χ1v) is 6.28. The fourth-order valence-corrected chi connectivity index (χ4v) is 2.40. The summed E-state index contributed by atoms with van der Waals surface area (Å²) in [6.07, 6.45) is 0. The maximum Gasteiger partial charge on any atom is 0.192 e. The smallest absolute Gasteiger partial charge is 0.192 e. The Labute approximate surface area is 105 Å². The summed E-state index contributed by atoms with van der Waals surface area (Å²) in [7, 11) is 0. The zero-order chi connectivity index (χ0) is 12.3. The van der Waals surface area contributed by atoms with Gasteiger partial charge in [-0.2, -0.15) is 0 Å². The molecule has 0 aliphatic heterocycles. The van der Waals surface area contributed by atoms with Crippen molar-refractivity contribution < 1.29 is 0 Å². The van der Waals surface area contributed by atoms with Crippen molar-refractivity contribution in [1.29, 1.82) is 0 Å². The number of nitrogens with two attached hydrogens (primary N) is 1. The average molecular weight is 245 g/mol. The summed E-state index contributed by atoms with van der Waals surface area (Å²) in [5.74, 6) is 0. The summed E-state index contributed by atoms with van der Waals surface area (Å²) in [6.45, 7) is 4.54. The molecule has 2 aromatic rings. The van der Waals surface area contributed by atoms with Gasteiger partial charge in [-0.3, -0.25) is 0 Å². The third-order valence-corrected chi connectivity index (χ3v) is 3.20. The van der Waals surface area contributed by atoms with Gasteiger partial charge in [-0.25, -0.2) is 9.97 Å². The second kappa shape index (κ2) is 5.29. The number of aromatic nitrogens is 2. The van der Waals surface area contributed by atoms with Crippen LogP contribution in [0.1, 0.15) is 17.0 Å².